The highest BCUT2D eigenvalue weighted by Gasteiger charge is 2.37. The third kappa shape index (κ3) is 21.2. The van der Waals surface area contributed by atoms with Crippen LogP contribution in [0.3, 0.4) is 0 Å². The molecule has 0 spiro atoms. The van der Waals surface area contributed by atoms with Crippen LogP contribution in [0.15, 0.2) is 24.3 Å². The molecule has 1 saturated heterocycles. The number of rotatable bonds is 11. The van der Waals surface area contributed by atoms with Crippen molar-refractivity contribution in [3.63, 3.8) is 0 Å². The minimum absolute atomic E-state index is 0.0905. The van der Waals surface area contributed by atoms with E-state index >= 15 is 0 Å². The predicted octanol–water partition coefficient (Wildman–Crippen LogP) is 5.87. The smallest absolute Gasteiger partial charge is 0.329 e. The molecule has 0 bridgehead atoms. The van der Waals surface area contributed by atoms with Gasteiger partial charge in [-0.2, -0.15) is 0 Å². The summed E-state index contributed by atoms with van der Waals surface area (Å²) in [5, 5.41) is 7.65. The summed E-state index contributed by atoms with van der Waals surface area (Å²) >= 11 is 10.6. The highest BCUT2D eigenvalue weighted by molar-refractivity contribution is 7.41. The second kappa shape index (κ2) is 22.0. The molecule has 1 aliphatic heterocycles. The Kier molecular flexibility index (Phi) is 20.0. The van der Waals surface area contributed by atoms with Crippen LogP contribution < -0.4 is 21.7 Å². The number of esters is 1. The summed E-state index contributed by atoms with van der Waals surface area (Å²) in [5.74, 6) is -2.46. The molecule has 4 rings (SSSR count). The maximum Gasteiger partial charge on any atom is 0.329 e. The second-order valence-electron chi connectivity index (χ2n) is 17.3. The largest absolute Gasteiger partial charge is 0.460 e. The summed E-state index contributed by atoms with van der Waals surface area (Å²) in [6, 6.07) is 6.89. The van der Waals surface area contributed by atoms with Crippen LogP contribution in [0.4, 0.5) is 4.79 Å². The number of ether oxygens (including phenoxy) is 1. The number of alkyl halides is 2. The Bertz CT molecular complexity index is 1370. The standard InChI is InChI=1S/C24H35N3O4.C7H11N2O3P.C5H12.C3H6Cl2/c1-15-10-16(2)27(14-15)20(28)13-25-23(30)26-21(24(3,4)5)22(29)31-19-11-17-8-6-7-9-18(17)12-19;8-6(12)5(11)7(9-3-10)13-4-1-2-4;1-5(2,3)4;1-3(2,4)5/h6-9,15-16,19,21H,10-14H2,1-5H3,(H2,25,26,30);3-4,7,13H,1-2H2,(H2,8,12)(H,9,10);1-4H3;1-2H3. The van der Waals surface area contributed by atoms with Crippen LogP contribution in [0.25, 0.3) is 0 Å². The zero-order chi connectivity index (χ0) is 41.6. The van der Waals surface area contributed by atoms with Crippen LogP contribution in [0.5, 0.6) is 0 Å². The molecule has 1 aromatic carbocycles. The van der Waals surface area contributed by atoms with Crippen molar-refractivity contribution in [3.05, 3.63) is 35.4 Å². The number of hydrogen-bond donors (Lipinski definition) is 4. The zero-order valence-electron chi connectivity index (χ0n) is 33.9. The van der Waals surface area contributed by atoms with E-state index in [9.17, 15) is 28.8 Å². The van der Waals surface area contributed by atoms with Crippen molar-refractivity contribution in [2.24, 2.45) is 22.5 Å². The van der Waals surface area contributed by atoms with Crippen molar-refractivity contribution >= 4 is 67.8 Å². The number of amides is 5. The van der Waals surface area contributed by atoms with Gasteiger partial charge in [0, 0.05) is 25.4 Å². The monoisotopic (exact) mass is 815 g/mol. The van der Waals surface area contributed by atoms with Crippen LogP contribution in [0.2, 0.25) is 0 Å². The highest BCUT2D eigenvalue weighted by Crippen LogP contribution is 2.41. The molecule has 5 unspecified atom stereocenters. The number of nitrogens with two attached hydrogens (primary N) is 1. The molecule has 12 nitrogen and oxygen atoms in total. The molecule has 2 fully saturated rings. The lowest BCUT2D eigenvalue weighted by Gasteiger charge is -2.30. The fourth-order valence-corrected chi connectivity index (χ4v) is 6.87. The molecule has 2 aliphatic carbocycles. The quantitative estimate of drug-likeness (QED) is 0.0710. The number of ketones is 1. The first-order valence-corrected chi connectivity index (χ1v) is 20.4. The first kappa shape index (κ1) is 49.1. The summed E-state index contributed by atoms with van der Waals surface area (Å²) in [7, 11) is 0.278. The number of fused-ring (bicyclic) bond motifs is 1. The molecule has 5 N–H and O–H groups in total. The number of urea groups is 1. The normalized spacial score (nSPS) is 19.3. The number of benzene rings is 1. The first-order valence-electron chi connectivity index (χ1n) is 18.5. The second-order valence-corrected chi connectivity index (χ2v) is 21.1. The number of halogens is 2. The Morgan fingerprint density at radius 3 is 1.85 bits per heavy atom. The van der Waals surface area contributed by atoms with Crippen molar-refractivity contribution in [3.8, 4) is 0 Å². The minimum atomic E-state index is -0.979. The Morgan fingerprint density at radius 1 is 0.963 bits per heavy atom. The van der Waals surface area contributed by atoms with E-state index in [0.717, 1.165) is 19.3 Å². The molecule has 0 radical (unpaired) electrons. The fourth-order valence-electron chi connectivity index (χ4n) is 5.45. The van der Waals surface area contributed by atoms with Crippen molar-refractivity contribution < 1.29 is 33.5 Å². The first-order chi connectivity index (χ1) is 24.7. The van der Waals surface area contributed by atoms with Crippen LogP contribution in [-0.4, -0.2) is 88.0 Å². The van der Waals surface area contributed by atoms with E-state index in [-0.39, 0.29) is 33.2 Å². The number of likely N-dealkylation sites (tertiary alicyclic amines) is 1. The number of carbonyl (C=O) groups excluding carboxylic acids is 6. The molecule has 54 heavy (non-hydrogen) atoms. The molecule has 1 heterocycles. The molecule has 5 amide bonds. The van der Waals surface area contributed by atoms with Gasteiger partial charge >= 0.3 is 12.0 Å². The molecule has 3 aliphatic rings. The third-order valence-electron chi connectivity index (χ3n) is 7.90. The van der Waals surface area contributed by atoms with Gasteiger partial charge in [0.1, 0.15) is 22.3 Å². The van der Waals surface area contributed by atoms with Gasteiger partial charge in [0.05, 0.1) is 6.54 Å². The Hall–Kier alpha value is -2.95. The number of hydrogen-bond acceptors (Lipinski definition) is 7. The predicted molar refractivity (Wildman–Crippen MR) is 218 cm³/mol. The van der Waals surface area contributed by atoms with Gasteiger partial charge in [0.2, 0.25) is 18.1 Å². The van der Waals surface area contributed by atoms with E-state index in [1.807, 2.05) is 39.8 Å². The fraction of sp³-hybridized carbons (Fsp3) is 0.692. The van der Waals surface area contributed by atoms with Crippen LogP contribution in [-0.2, 0) is 41.6 Å². The van der Waals surface area contributed by atoms with Crippen molar-refractivity contribution in [2.45, 2.75) is 142 Å². The third-order valence-corrected chi connectivity index (χ3v) is 9.71. The molecule has 15 heteroatoms. The summed E-state index contributed by atoms with van der Waals surface area (Å²) in [6.45, 7) is 22.6. The molecule has 5 atom stereocenters. The summed E-state index contributed by atoms with van der Waals surface area (Å²) in [6.07, 6.45) is 4.70. The summed E-state index contributed by atoms with van der Waals surface area (Å²) in [4.78, 5) is 71.4. The van der Waals surface area contributed by atoms with Crippen molar-refractivity contribution in [2.75, 3.05) is 13.1 Å². The zero-order valence-corrected chi connectivity index (χ0v) is 36.5. The van der Waals surface area contributed by atoms with Crippen LogP contribution in [0.1, 0.15) is 107 Å². The van der Waals surface area contributed by atoms with E-state index in [4.69, 9.17) is 33.7 Å². The topological polar surface area (TPSA) is 177 Å². The number of Topliss-reactive ketones (excluding diaryl/α,β-unsaturated/α-hetero) is 1. The molecule has 1 aromatic rings. The van der Waals surface area contributed by atoms with E-state index in [2.05, 4.69) is 62.7 Å². The lowest BCUT2D eigenvalue weighted by Crippen LogP contribution is -2.54. The van der Waals surface area contributed by atoms with E-state index < -0.39 is 45.3 Å². The van der Waals surface area contributed by atoms with Gasteiger partial charge in [-0.25, -0.2) is 9.59 Å². The van der Waals surface area contributed by atoms with Gasteiger partial charge in [0.25, 0.3) is 5.91 Å². The maximum atomic E-state index is 12.9. The van der Waals surface area contributed by atoms with Gasteiger partial charge in [-0.3, -0.25) is 19.2 Å². The number of primary amides is 1. The van der Waals surface area contributed by atoms with Gasteiger partial charge in [-0.1, -0.05) is 88.2 Å². The molecular formula is C39H64Cl2N5O7P. The van der Waals surface area contributed by atoms with Crippen LogP contribution in [0, 0.1) is 16.7 Å². The van der Waals surface area contributed by atoms with E-state index in [1.54, 1.807) is 18.7 Å². The Morgan fingerprint density at radius 2 is 1.46 bits per heavy atom. The average molecular weight is 817 g/mol. The highest BCUT2D eigenvalue weighted by atomic mass is 35.5. The SMILES string of the molecule is CC(C)(C)C.CC(C)(Cl)Cl.CC1CC(C)N(C(=O)CNC(=O)NC(C(=O)OC2Cc3ccccc3C2)C(C)(C)C)C1.NC(=O)C(=O)C(NC=O)PC1CC1. The Labute approximate surface area is 334 Å². The average Bonchev–Trinajstić information content (AvgIpc) is 3.63. The summed E-state index contributed by atoms with van der Waals surface area (Å²) < 4.78 is 5.20. The number of nitrogens with zero attached hydrogens (tertiary/aromatic N) is 1. The summed E-state index contributed by atoms with van der Waals surface area (Å²) in [5.41, 5.74) is 7.66. The molecular weight excluding hydrogens is 752 g/mol. The number of nitrogens with one attached hydrogen (secondary N) is 3. The molecule has 1 saturated carbocycles. The van der Waals surface area contributed by atoms with Crippen molar-refractivity contribution in [1.82, 2.24) is 20.9 Å². The van der Waals surface area contributed by atoms with Crippen molar-refractivity contribution in [1.29, 1.82) is 0 Å². The molecule has 306 valence electrons. The lowest BCUT2D eigenvalue weighted by molar-refractivity contribution is -0.153. The van der Waals surface area contributed by atoms with Gasteiger partial charge in [0.15, 0.2) is 0 Å². The number of carbonyl (C=O) groups is 6. The molecule has 0 aromatic heterocycles. The lowest BCUT2D eigenvalue weighted by atomic mass is 9.87. The minimum Gasteiger partial charge on any atom is -0.460 e. The van der Waals surface area contributed by atoms with E-state index in [0.29, 0.717) is 42.8 Å². The van der Waals surface area contributed by atoms with Gasteiger partial charge in [-0.05, 0) is 73.6 Å². The van der Waals surface area contributed by atoms with E-state index in [1.165, 1.54) is 11.1 Å². The van der Waals surface area contributed by atoms with Gasteiger partial charge < -0.3 is 31.3 Å². The Balaban J connectivity index is 0.000000517. The van der Waals surface area contributed by atoms with Gasteiger partial charge in [-0.15, -0.1) is 23.2 Å². The van der Waals surface area contributed by atoms with Crippen LogP contribution >= 0.6 is 31.8 Å². The maximum absolute atomic E-state index is 12.9.